The van der Waals surface area contributed by atoms with Crippen LogP contribution in [0.3, 0.4) is 0 Å². The van der Waals surface area contributed by atoms with Crippen molar-refractivity contribution in [1.82, 2.24) is 0 Å². The molecule has 0 atom stereocenters. The summed E-state index contributed by atoms with van der Waals surface area (Å²) < 4.78 is 9.81. The van der Waals surface area contributed by atoms with E-state index in [9.17, 15) is 14.7 Å². The minimum atomic E-state index is -0.463. The van der Waals surface area contributed by atoms with Gasteiger partial charge >= 0.3 is 11.9 Å². The van der Waals surface area contributed by atoms with Gasteiger partial charge in [0.2, 0.25) is 0 Å². The van der Waals surface area contributed by atoms with Gasteiger partial charge in [0, 0.05) is 6.42 Å². The number of aliphatic hydroxyl groups excluding tert-OH is 1. The van der Waals surface area contributed by atoms with Crippen molar-refractivity contribution < 1.29 is 24.2 Å². The van der Waals surface area contributed by atoms with Crippen LogP contribution in [0.25, 0.3) is 0 Å². The summed E-state index contributed by atoms with van der Waals surface area (Å²) in [6.45, 7) is 3.82. The number of aliphatic hydroxyl groups is 1. The Morgan fingerprint density at radius 1 is 1.15 bits per heavy atom. The Morgan fingerprint density at radius 3 is 2.45 bits per heavy atom. The van der Waals surface area contributed by atoms with Gasteiger partial charge in [0.25, 0.3) is 0 Å². The minimum absolute atomic E-state index is 0.215. The molecule has 0 aliphatic heterocycles. The summed E-state index contributed by atoms with van der Waals surface area (Å²) >= 11 is 0. The summed E-state index contributed by atoms with van der Waals surface area (Å²) in [6.07, 6.45) is 0.634. The minimum Gasteiger partial charge on any atom is -0.466 e. The molecular weight excluding hydrogens is 260 g/mol. The molecule has 1 rings (SSSR count). The van der Waals surface area contributed by atoms with Crippen molar-refractivity contribution in [1.29, 1.82) is 0 Å². The van der Waals surface area contributed by atoms with E-state index in [-0.39, 0.29) is 25.6 Å². The molecule has 0 radical (unpaired) electrons. The highest BCUT2D eigenvalue weighted by Crippen LogP contribution is 2.18. The molecular formula is C15H20O5. The van der Waals surface area contributed by atoms with Crippen LogP contribution < -0.4 is 0 Å². The predicted molar refractivity (Wildman–Crippen MR) is 73.3 cm³/mol. The number of ether oxygens (including phenoxy) is 2. The fraction of sp³-hybridized carbons (Fsp3) is 0.467. The first-order chi connectivity index (χ1) is 9.63. The Bertz CT molecular complexity index is 467. The van der Waals surface area contributed by atoms with Gasteiger partial charge in [-0.3, -0.25) is 4.79 Å². The molecule has 5 nitrogen and oxygen atoms in total. The third-order valence-electron chi connectivity index (χ3n) is 2.83. The summed E-state index contributed by atoms with van der Waals surface area (Å²) in [6, 6.07) is 5.11. The molecule has 1 N–H and O–H groups in total. The third-order valence-corrected chi connectivity index (χ3v) is 2.83. The van der Waals surface area contributed by atoms with Crippen LogP contribution in [-0.2, 0) is 27.3 Å². The van der Waals surface area contributed by atoms with Crippen molar-refractivity contribution in [3.05, 3.63) is 34.9 Å². The smallest absolute Gasteiger partial charge is 0.338 e. The first-order valence-electron chi connectivity index (χ1n) is 6.68. The lowest BCUT2D eigenvalue weighted by Crippen LogP contribution is -2.12. The maximum absolute atomic E-state index is 11.8. The molecule has 1 aromatic rings. The van der Waals surface area contributed by atoms with E-state index in [0.717, 1.165) is 5.56 Å². The number of carbonyl (C=O) groups excluding carboxylic acids is 2. The molecule has 0 unspecified atom stereocenters. The lowest BCUT2D eigenvalue weighted by molar-refractivity contribution is -0.143. The Kier molecular flexibility index (Phi) is 6.73. The maximum atomic E-state index is 11.8. The number of rotatable bonds is 7. The summed E-state index contributed by atoms with van der Waals surface area (Å²) in [5.74, 6) is -0.757. The largest absolute Gasteiger partial charge is 0.466 e. The normalized spacial score (nSPS) is 10.2. The fourth-order valence-electron chi connectivity index (χ4n) is 1.93. The van der Waals surface area contributed by atoms with Gasteiger partial charge in [-0.1, -0.05) is 12.1 Å². The number of hydrogen-bond donors (Lipinski definition) is 1. The van der Waals surface area contributed by atoms with E-state index in [1.165, 1.54) is 0 Å². The van der Waals surface area contributed by atoms with E-state index in [2.05, 4.69) is 0 Å². The Hall–Kier alpha value is -1.88. The molecule has 0 aliphatic carbocycles. The van der Waals surface area contributed by atoms with Gasteiger partial charge in [-0.05, 0) is 37.5 Å². The summed E-state index contributed by atoms with van der Waals surface area (Å²) in [5.41, 5.74) is 1.61. The Labute approximate surface area is 118 Å². The van der Waals surface area contributed by atoms with E-state index in [0.29, 0.717) is 24.2 Å². The molecule has 0 saturated heterocycles. The standard InChI is InChI=1S/C15H20O5/c1-3-19-14(17)9-8-11-6-5-7-12(13(11)10-16)15(18)20-4-2/h5-7,16H,3-4,8-10H2,1-2H3. The zero-order valence-corrected chi connectivity index (χ0v) is 11.8. The number of hydrogen-bond acceptors (Lipinski definition) is 5. The lowest BCUT2D eigenvalue weighted by Gasteiger charge is -2.12. The maximum Gasteiger partial charge on any atom is 0.338 e. The van der Waals surface area contributed by atoms with Crippen LogP contribution in [0.1, 0.15) is 41.8 Å². The second-order valence-electron chi connectivity index (χ2n) is 4.13. The van der Waals surface area contributed by atoms with Crippen LogP contribution in [0, 0.1) is 0 Å². The number of benzene rings is 1. The average molecular weight is 280 g/mol. The predicted octanol–water partition coefficient (Wildman–Crippen LogP) is 1.85. The average Bonchev–Trinajstić information content (AvgIpc) is 2.45. The molecule has 20 heavy (non-hydrogen) atoms. The first-order valence-corrected chi connectivity index (χ1v) is 6.68. The number of carbonyl (C=O) groups is 2. The van der Waals surface area contributed by atoms with Crippen molar-refractivity contribution in [2.45, 2.75) is 33.3 Å². The van der Waals surface area contributed by atoms with Crippen molar-refractivity contribution in [3.8, 4) is 0 Å². The molecule has 1 aromatic carbocycles. The van der Waals surface area contributed by atoms with Gasteiger partial charge in [0.15, 0.2) is 0 Å². The molecule has 110 valence electrons. The quantitative estimate of drug-likeness (QED) is 0.772. The molecule has 0 bridgehead atoms. The van der Waals surface area contributed by atoms with Crippen molar-refractivity contribution in [2.75, 3.05) is 13.2 Å². The van der Waals surface area contributed by atoms with Crippen LogP contribution in [0.4, 0.5) is 0 Å². The van der Waals surface area contributed by atoms with Crippen LogP contribution in [0.5, 0.6) is 0 Å². The zero-order chi connectivity index (χ0) is 15.0. The van der Waals surface area contributed by atoms with E-state index in [4.69, 9.17) is 9.47 Å². The van der Waals surface area contributed by atoms with Crippen LogP contribution in [0.15, 0.2) is 18.2 Å². The molecule has 5 heteroatoms. The van der Waals surface area contributed by atoms with Crippen LogP contribution in [0.2, 0.25) is 0 Å². The van der Waals surface area contributed by atoms with E-state index < -0.39 is 5.97 Å². The Balaban J connectivity index is 2.88. The van der Waals surface area contributed by atoms with Gasteiger partial charge in [0.1, 0.15) is 0 Å². The van der Waals surface area contributed by atoms with Gasteiger partial charge in [0.05, 0.1) is 25.4 Å². The van der Waals surface area contributed by atoms with E-state index in [1.54, 1.807) is 32.0 Å². The summed E-state index contributed by atoms with van der Waals surface area (Å²) in [7, 11) is 0. The van der Waals surface area contributed by atoms with Crippen molar-refractivity contribution >= 4 is 11.9 Å². The first kappa shape index (κ1) is 16.2. The fourth-order valence-corrected chi connectivity index (χ4v) is 1.93. The van der Waals surface area contributed by atoms with Gasteiger partial charge in [-0.25, -0.2) is 4.79 Å². The highest BCUT2D eigenvalue weighted by atomic mass is 16.5. The van der Waals surface area contributed by atoms with Crippen molar-refractivity contribution in [2.24, 2.45) is 0 Å². The van der Waals surface area contributed by atoms with Gasteiger partial charge in [-0.2, -0.15) is 0 Å². The van der Waals surface area contributed by atoms with Gasteiger partial charge in [-0.15, -0.1) is 0 Å². The molecule has 0 aromatic heterocycles. The summed E-state index contributed by atoms with van der Waals surface area (Å²) in [5, 5.41) is 9.46. The Morgan fingerprint density at radius 2 is 1.85 bits per heavy atom. The highest BCUT2D eigenvalue weighted by Gasteiger charge is 2.15. The molecule has 0 fully saturated rings. The zero-order valence-electron chi connectivity index (χ0n) is 11.8. The third kappa shape index (κ3) is 4.35. The van der Waals surface area contributed by atoms with E-state index >= 15 is 0 Å². The van der Waals surface area contributed by atoms with Crippen LogP contribution >= 0.6 is 0 Å². The monoisotopic (exact) mass is 280 g/mol. The molecule has 0 heterocycles. The lowest BCUT2D eigenvalue weighted by atomic mass is 9.98. The molecule has 0 aliphatic rings. The van der Waals surface area contributed by atoms with Gasteiger partial charge < -0.3 is 14.6 Å². The highest BCUT2D eigenvalue weighted by molar-refractivity contribution is 5.91. The van der Waals surface area contributed by atoms with Crippen molar-refractivity contribution in [3.63, 3.8) is 0 Å². The number of aryl methyl sites for hydroxylation is 1. The molecule has 0 amide bonds. The summed E-state index contributed by atoms with van der Waals surface area (Å²) in [4.78, 5) is 23.2. The topological polar surface area (TPSA) is 72.8 Å². The number of esters is 2. The molecule has 0 spiro atoms. The second kappa shape index (κ2) is 8.32. The SMILES string of the molecule is CCOC(=O)CCc1cccc(C(=O)OCC)c1CO. The second-order valence-corrected chi connectivity index (χ2v) is 4.13. The van der Waals surface area contributed by atoms with Crippen LogP contribution in [-0.4, -0.2) is 30.3 Å². The molecule has 0 saturated carbocycles. The van der Waals surface area contributed by atoms with E-state index in [1.807, 2.05) is 0 Å².